The lowest BCUT2D eigenvalue weighted by atomic mass is 10.2. The largest absolute Gasteiger partial charge is 0.486 e. The molecule has 0 amide bonds. The van der Waals surface area contributed by atoms with Gasteiger partial charge in [0.25, 0.3) is 0 Å². The van der Waals surface area contributed by atoms with Crippen molar-refractivity contribution < 1.29 is 9.47 Å². The number of nitrogens with one attached hydrogen (secondary N) is 1. The fraction of sp³-hybridized carbons (Fsp3) is 0.250. The summed E-state index contributed by atoms with van der Waals surface area (Å²) in [4.78, 5) is 1.21. The Morgan fingerprint density at radius 2 is 1.76 bits per heavy atom. The van der Waals surface area contributed by atoms with Crippen LogP contribution < -0.4 is 14.8 Å². The van der Waals surface area contributed by atoms with E-state index in [-0.39, 0.29) is 0 Å². The molecule has 0 saturated heterocycles. The summed E-state index contributed by atoms with van der Waals surface area (Å²) >= 11 is 5.17. The molecule has 1 aliphatic rings. The molecule has 0 atom stereocenters. The molecule has 0 aliphatic carbocycles. The van der Waals surface area contributed by atoms with E-state index in [1.807, 2.05) is 12.1 Å². The molecular weight excluding hydrogens is 350 g/mol. The van der Waals surface area contributed by atoms with Gasteiger partial charge >= 0.3 is 0 Å². The zero-order valence-corrected chi connectivity index (χ0v) is 14.1. The van der Waals surface area contributed by atoms with E-state index in [0.29, 0.717) is 13.2 Å². The highest BCUT2D eigenvalue weighted by molar-refractivity contribution is 9.10. The van der Waals surface area contributed by atoms with Gasteiger partial charge < -0.3 is 14.8 Å². The molecule has 0 aromatic heterocycles. The second kappa shape index (κ2) is 6.62. The van der Waals surface area contributed by atoms with Gasteiger partial charge in [0, 0.05) is 21.6 Å². The Morgan fingerprint density at radius 1 is 1.10 bits per heavy atom. The topological polar surface area (TPSA) is 30.5 Å². The van der Waals surface area contributed by atoms with Gasteiger partial charge in [-0.2, -0.15) is 0 Å². The predicted molar refractivity (Wildman–Crippen MR) is 90.7 cm³/mol. The monoisotopic (exact) mass is 365 g/mol. The molecule has 3 rings (SSSR count). The third-order valence-electron chi connectivity index (χ3n) is 3.27. The van der Waals surface area contributed by atoms with E-state index in [4.69, 9.17) is 9.47 Å². The van der Waals surface area contributed by atoms with Crippen molar-refractivity contribution in [2.24, 2.45) is 0 Å². The summed E-state index contributed by atoms with van der Waals surface area (Å²) in [6.07, 6.45) is 2.08. The van der Waals surface area contributed by atoms with Crippen molar-refractivity contribution in [1.82, 2.24) is 0 Å². The first-order valence-electron chi connectivity index (χ1n) is 6.72. The minimum Gasteiger partial charge on any atom is -0.486 e. The van der Waals surface area contributed by atoms with E-state index in [0.717, 1.165) is 28.2 Å². The van der Waals surface area contributed by atoms with E-state index < -0.39 is 0 Å². The summed E-state index contributed by atoms with van der Waals surface area (Å²) in [6.45, 7) is 2.00. The third kappa shape index (κ3) is 3.47. The fourth-order valence-electron chi connectivity index (χ4n) is 2.21. The molecule has 0 radical (unpaired) electrons. The summed E-state index contributed by atoms with van der Waals surface area (Å²) in [5, 5.41) is 3.44. The predicted octanol–water partition coefficient (Wildman–Crippen LogP) is 4.55. The maximum absolute atomic E-state index is 5.66. The van der Waals surface area contributed by atoms with Gasteiger partial charge in [-0.05, 0) is 48.2 Å². The quantitative estimate of drug-likeness (QED) is 0.804. The van der Waals surface area contributed by atoms with Crippen molar-refractivity contribution in [3.63, 3.8) is 0 Å². The lowest BCUT2D eigenvalue weighted by molar-refractivity contribution is 0.171. The number of hydrogen-bond donors (Lipinski definition) is 1. The van der Waals surface area contributed by atoms with Crippen molar-refractivity contribution >= 4 is 33.4 Å². The van der Waals surface area contributed by atoms with Gasteiger partial charge in [0.1, 0.15) is 13.2 Å². The highest BCUT2D eigenvalue weighted by atomic mass is 79.9. The van der Waals surface area contributed by atoms with Gasteiger partial charge in [-0.15, -0.1) is 11.8 Å². The molecule has 110 valence electrons. The Balaban J connectivity index is 1.79. The molecule has 3 nitrogen and oxygen atoms in total. The van der Waals surface area contributed by atoms with Crippen molar-refractivity contribution in [2.45, 2.75) is 11.4 Å². The van der Waals surface area contributed by atoms with Gasteiger partial charge in [-0.3, -0.25) is 0 Å². The number of hydrogen-bond acceptors (Lipinski definition) is 4. The van der Waals surface area contributed by atoms with Gasteiger partial charge in [-0.1, -0.05) is 15.9 Å². The molecule has 2 aromatic carbocycles. The van der Waals surface area contributed by atoms with E-state index in [1.165, 1.54) is 10.5 Å². The molecule has 1 N–H and O–H groups in total. The van der Waals surface area contributed by atoms with Gasteiger partial charge in [-0.25, -0.2) is 0 Å². The SMILES string of the molecule is CSc1cc2c(cc1CNc1ccc(Br)cc1)OCCO2. The van der Waals surface area contributed by atoms with Crippen molar-refractivity contribution in [1.29, 1.82) is 0 Å². The summed E-state index contributed by atoms with van der Waals surface area (Å²) in [5.74, 6) is 1.68. The molecule has 0 spiro atoms. The second-order valence-corrected chi connectivity index (χ2v) is 6.43. The number of rotatable bonds is 4. The van der Waals surface area contributed by atoms with Crippen LogP contribution in [0.15, 0.2) is 45.8 Å². The molecule has 2 aromatic rings. The number of halogens is 1. The van der Waals surface area contributed by atoms with Crippen LogP contribution in [0.3, 0.4) is 0 Å². The van der Waals surface area contributed by atoms with Crippen LogP contribution in [0, 0.1) is 0 Å². The second-order valence-electron chi connectivity index (χ2n) is 4.67. The van der Waals surface area contributed by atoms with Crippen LogP contribution in [0.4, 0.5) is 5.69 Å². The Hall–Kier alpha value is -1.33. The van der Waals surface area contributed by atoms with Crippen LogP contribution in [0.1, 0.15) is 5.56 Å². The number of thioether (sulfide) groups is 1. The molecule has 0 fully saturated rings. The first-order valence-corrected chi connectivity index (χ1v) is 8.74. The lowest BCUT2D eigenvalue weighted by Crippen LogP contribution is -2.16. The standard InChI is InChI=1S/C16H16BrNO2S/c1-21-16-9-15-14(19-6-7-20-15)8-11(16)10-18-13-4-2-12(17)3-5-13/h2-5,8-9,18H,6-7,10H2,1H3. The Kier molecular flexibility index (Phi) is 4.60. The molecule has 1 aliphatic heterocycles. The Labute approximate surface area is 137 Å². The van der Waals surface area contributed by atoms with Gasteiger partial charge in [0.15, 0.2) is 11.5 Å². The molecule has 1 heterocycles. The van der Waals surface area contributed by atoms with Crippen molar-refractivity contribution in [3.05, 3.63) is 46.4 Å². The zero-order valence-electron chi connectivity index (χ0n) is 11.7. The number of anilines is 1. The van der Waals surface area contributed by atoms with E-state index in [2.05, 4.69) is 51.8 Å². The van der Waals surface area contributed by atoms with Crippen LogP contribution in [0.2, 0.25) is 0 Å². The first kappa shape index (κ1) is 14.6. The lowest BCUT2D eigenvalue weighted by Gasteiger charge is -2.21. The highest BCUT2D eigenvalue weighted by Gasteiger charge is 2.15. The normalized spacial score (nSPS) is 13.0. The Morgan fingerprint density at radius 3 is 2.43 bits per heavy atom. The van der Waals surface area contributed by atoms with Crippen LogP contribution >= 0.6 is 27.7 Å². The van der Waals surface area contributed by atoms with Crippen LogP contribution in [0.5, 0.6) is 11.5 Å². The highest BCUT2D eigenvalue weighted by Crippen LogP contribution is 2.36. The molecule has 0 saturated carbocycles. The minimum absolute atomic E-state index is 0.616. The third-order valence-corrected chi connectivity index (χ3v) is 4.62. The fourth-order valence-corrected chi connectivity index (χ4v) is 3.09. The van der Waals surface area contributed by atoms with Crippen LogP contribution in [-0.4, -0.2) is 19.5 Å². The zero-order chi connectivity index (χ0) is 14.7. The average molecular weight is 366 g/mol. The molecule has 5 heteroatoms. The number of fused-ring (bicyclic) bond motifs is 1. The maximum Gasteiger partial charge on any atom is 0.162 e. The van der Waals surface area contributed by atoms with E-state index >= 15 is 0 Å². The average Bonchev–Trinajstić information content (AvgIpc) is 2.53. The molecule has 0 bridgehead atoms. The minimum atomic E-state index is 0.616. The first-order chi connectivity index (χ1) is 10.3. The number of benzene rings is 2. The summed E-state index contributed by atoms with van der Waals surface area (Å²) in [6, 6.07) is 12.3. The van der Waals surface area contributed by atoms with Crippen LogP contribution in [0.25, 0.3) is 0 Å². The van der Waals surface area contributed by atoms with Crippen molar-refractivity contribution in [2.75, 3.05) is 24.8 Å². The summed E-state index contributed by atoms with van der Waals surface area (Å²) < 4.78 is 12.4. The summed E-state index contributed by atoms with van der Waals surface area (Å²) in [5.41, 5.74) is 2.31. The Bertz CT molecular complexity index is 631. The molecule has 21 heavy (non-hydrogen) atoms. The summed E-state index contributed by atoms with van der Waals surface area (Å²) in [7, 11) is 0. The van der Waals surface area contributed by atoms with Crippen LogP contribution in [-0.2, 0) is 6.54 Å². The molecular formula is C16H16BrNO2S. The van der Waals surface area contributed by atoms with E-state index in [9.17, 15) is 0 Å². The van der Waals surface area contributed by atoms with E-state index in [1.54, 1.807) is 11.8 Å². The number of ether oxygens (including phenoxy) is 2. The van der Waals surface area contributed by atoms with Gasteiger partial charge in [0.05, 0.1) is 0 Å². The maximum atomic E-state index is 5.66. The molecule has 0 unspecified atom stereocenters. The van der Waals surface area contributed by atoms with Crippen molar-refractivity contribution in [3.8, 4) is 11.5 Å². The smallest absolute Gasteiger partial charge is 0.162 e. The van der Waals surface area contributed by atoms with Gasteiger partial charge in [0.2, 0.25) is 0 Å².